The second kappa shape index (κ2) is 10.5. The number of allylic oxidation sites excluding steroid dienone is 2. The van der Waals surface area contributed by atoms with E-state index in [1.807, 2.05) is 0 Å². The standard InChI is InChI=1S/C26H36Si/c1-6-7-8-10-15-25(20-23-18-16-22(2)17-19-23)26(21-27(3,4)5)24-13-11-9-12-14-24/h9,11-14,16-21H,6-8,10,15H2,1-5H3/b25-20+,26-21+. The third-order valence-corrected chi connectivity index (χ3v) is 5.88. The summed E-state index contributed by atoms with van der Waals surface area (Å²) >= 11 is 0. The maximum absolute atomic E-state index is 2.59. The van der Waals surface area contributed by atoms with Crippen molar-refractivity contribution in [3.63, 3.8) is 0 Å². The minimum absolute atomic E-state index is 1.15. The molecule has 1 heteroatoms. The Labute approximate surface area is 168 Å². The van der Waals surface area contributed by atoms with Crippen LogP contribution in [0.1, 0.15) is 55.7 Å². The molecule has 2 rings (SSSR count). The number of benzene rings is 2. The minimum Gasteiger partial charge on any atom is -0.0870 e. The molecule has 0 aliphatic heterocycles. The van der Waals surface area contributed by atoms with E-state index in [0.29, 0.717) is 0 Å². The molecule has 2 aromatic rings. The number of aryl methyl sites for hydroxylation is 1. The number of hydrogen-bond donors (Lipinski definition) is 0. The van der Waals surface area contributed by atoms with Crippen LogP contribution in [0.5, 0.6) is 0 Å². The Bertz CT molecular complexity index is 743. The fraction of sp³-hybridized carbons (Fsp3) is 0.385. The fourth-order valence-electron chi connectivity index (χ4n) is 3.30. The monoisotopic (exact) mass is 376 g/mol. The molecule has 27 heavy (non-hydrogen) atoms. The van der Waals surface area contributed by atoms with Gasteiger partial charge in [-0.2, -0.15) is 0 Å². The zero-order chi connectivity index (χ0) is 19.7. The number of rotatable bonds is 9. The summed E-state index contributed by atoms with van der Waals surface area (Å²) in [5, 5.41) is 0. The van der Waals surface area contributed by atoms with Crippen LogP contribution >= 0.6 is 0 Å². The summed E-state index contributed by atoms with van der Waals surface area (Å²) in [4.78, 5) is 0. The predicted molar refractivity (Wildman–Crippen MR) is 126 cm³/mol. The molecule has 0 aliphatic rings. The zero-order valence-electron chi connectivity index (χ0n) is 17.9. The van der Waals surface area contributed by atoms with Crippen molar-refractivity contribution < 1.29 is 0 Å². The van der Waals surface area contributed by atoms with Gasteiger partial charge in [0.15, 0.2) is 0 Å². The quantitative estimate of drug-likeness (QED) is 0.234. The Morgan fingerprint density at radius 3 is 2.11 bits per heavy atom. The van der Waals surface area contributed by atoms with Gasteiger partial charge in [0.25, 0.3) is 0 Å². The van der Waals surface area contributed by atoms with Crippen LogP contribution in [0.2, 0.25) is 19.6 Å². The summed E-state index contributed by atoms with van der Waals surface area (Å²) in [6.07, 6.45) is 8.77. The van der Waals surface area contributed by atoms with E-state index in [1.54, 1.807) is 0 Å². The lowest BCUT2D eigenvalue weighted by molar-refractivity contribution is 0.670. The molecule has 0 nitrogen and oxygen atoms in total. The first-order chi connectivity index (χ1) is 12.9. The lowest BCUT2D eigenvalue weighted by Gasteiger charge is -2.19. The Kier molecular flexibility index (Phi) is 8.31. The van der Waals surface area contributed by atoms with Crippen molar-refractivity contribution >= 4 is 19.7 Å². The third kappa shape index (κ3) is 7.72. The van der Waals surface area contributed by atoms with Gasteiger partial charge in [-0.25, -0.2) is 0 Å². The predicted octanol–water partition coefficient (Wildman–Crippen LogP) is 8.31. The molecular formula is C26H36Si. The van der Waals surface area contributed by atoms with E-state index < -0.39 is 8.07 Å². The summed E-state index contributed by atoms with van der Waals surface area (Å²) in [5.74, 6) is 0. The van der Waals surface area contributed by atoms with Crippen molar-refractivity contribution in [1.29, 1.82) is 0 Å². The van der Waals surface area contributed by atoms with Gasteiger partial charge in [-0.15, -0.1) is 0 Å². The van der Waals surface area contributed by atoms with E-state index in [-0.39, 0.29) is 0 Å². The number of unbranched alkanes of at least 4 members (excludes halogenated alkanes) is 3. The van der Waals surface area contributed by atoms with E-state index in [4.69, 9.17) is 0 Å². The van der Waals surface area contributed by atoms with Crippen LogP contribution in [-0.2, 0) is 0 Å². The van der Waals surface area contributed by atoms with Gasteiger partial charge < -0.3 is 0 Å². The lowest BCUT2D eigenvalue weighted by Crippen LogP contribution is -2.17. The van der Waals surface area contributed by atoms with Gasteiger partial charge in [0, 0.05) is 0 Å². The van der Waals surface area contributed by atoms with Gasteiger partial charge in [-0.05, 0) is 42.0 Å². The van der Waals surface area contributed by atoms with Gasteiger partial charge in [0.05, 0.1) is 8.07 Å². The minimum atomic E-state index is -1.35. The van der Waals surface area contributed by atoms with Crippen LogP contribution in [0.25, 0.3) is 11.6 Å². The molecule has 0 amide bonds. The SMILES string of the molecule is CCCCCCC(=C\c1ccc(C)cc1)/C(=C/[Si](C)(C)C)c1ccccc1. The van der Waals surface area contributed by atoms with Crippen molar-refractivity contribution in [3.05, 3.63) is 82.6 Å². The van der Waals surface area contributed by atoms with E-state index in [0.717, 1.165) is 6.42 Å². The zero-order valence-corrected chi connectivity index (χ0v) is 18.9. The van der Waals surface area contributed by atoms with Gasteiger partial charge in [0.1, 0.15) is 0 Å². The van der Waals surface area contributed by atoms with Gasteiger partial charge in [-0.1, -0.05) is 118 Å². The molecule has 0 fully saturated rings. The van der Waals surface area contributed by atoms with Crippen LogP contribution in [0.3, 0.4) is 0 Å². The van der Waals surface area contributed by atoms with E-state index in [9.17, 15) is 0 Å². The van der Waals surface area contributed by atoms with E-state index >= 15 is 0 Å². The highest BCUT2D eigenvalue weighted by Gasteiger charge is 2.15. The largest absolute Gasteiger partial charge is 0.0870 e. The summed E-state index contributed by atoms with van der Waals surface area (Å²) < 4.78 is 0. The molecule has 0 saturated carbocycles. The second-order valence-corrected chi connectivity index (χ2v) is 13.7. The molecule has 0 atom stereocenters. The highest BCUT2D eigenvalue weighted by Crippen LogP contribution is 2.31. The van der Waals surface area contributed by atoms with Crippen LogP contribution in [0, 0.1) is 6.92 Å². The van der Waals surface area contributed by atoms with Crippen molar-refractivity contribution in [2.75, 3.05) is 0 Å². The average Bonchev–Trinajstić information content (AvgIpc) is 2.64. The van der Waals surface area contributed by atoms with Crippen molar-refractivity contribution in [3.8, 4) is 0 Å². The Morgan fingerprint density at radius 1 is 0.852 bits per heavy atom. The first kappa shape index (κ1) is 21.4. The van der Waals surface area contributed by atoms with Crippen LogP contribution in [-0.4, -0.2) is 8.07 Å². The van der Waals surface area contributed by atoms with Crippen molar-refractivity contribution in [1.82, 2.24) is 0 Å². The second-order valence-electron chi connectivity index (χ2n) is 8.68. The molecule has 0 radical (unpaired) electrons. The molecule has 0 aromatic heterocycles. The molecule has 0 aliphatic carbocycles. The Hall–Kier alpha value is -1.86. The smallest absolute Gasteiger partial charge is 0.0695 e. The van der Waals surface area contributed by atoms with E-state index in [1.165, 1.54) is 53.5 Å². The molecule has 0 unspecified atom stereocenters. The Morgan fingerprint density at radius 2 is 1.52 bits per heavy atom. The van der Waals surface area contributed by atoms with Crippen molar-refractivity contribution in [2.45, 2.75) is 65.6 Å². The molecule has 0 saturated heterocycles. The normalized spacial score (nSPS) is 13.1. The molecule has 0 bridgehead atoms. The molecule has 0 N–H and O–H groups in total. The molecule has 0 heterocycles. The number of hydrogen-bond acceptors (Lipinski definition) is 0. The lowest BCUT2D eigenvalue weighted by atomic mass is 9.93. The van der Waals surface area contributed by atoms with E-state index in [2.05, 4.69) is 99.9 Å². The molecule has 2 aromatic carbocycles. The summed E-state index contributed by atoms with van der Waals surface area (Å²) in [6.45, 7) is 11.7. The summed E-state index contributed by atoms with van der Waals surface area (Å²) in [7, 11) is -1.35. The molecular weight excluding hydrogens is 340 g/mol. The van der Waals surface area contributed by atoms with Crippen LogP contribution in [0.15, 0.2) is 65.9 Å². The van der Waals surface area contributed by atoms with Gasteiger partial charge >= 0.3 is 0 Å². The maximum Gasteiger partial charge on any atom is 0.0695 e. The molecule has 144 valence electrons. The summed E-state index contributed by atoms with van der Waals surface area (Å²) in [6, 6.07) is 19.9. The average molecular weight is 377 g/mol. The maximum atomic E-state index is 2.59. The fourth-order valence-corrected chi connectivity index (χ4v) is 4.52. The van der Waals surface area contributed by atoms with Crippen LogP contribution in [0.4, 0.5) is 0 Å². The first-order valence-electron chi connectivity index (χ1n) is 10.4. The summed E-state index contributed by atoms with van der Waals surface area (Å²) in [5.41, 5.74) is 9.51. The van der Waals surface area contributed by atoms with Gasteiger partial charge in [0.2, 0.25) is 0 Å². The van der Waals surface area contributed by atoms with Crippen molar-refractivity contribution in [2.24, 2.45) is 0 Å². The van der Waals surface area contributed by atoms with Gasteiger partial charge in [-0.3, -0.25) is 0 Å². The topological polar surface area (TPSA) is 0 Å². The third-order valence-electron chi connectivity index (χ3n) is 4.73. The van der Waals surface area contributed by atoms with Crippen LogP contribution < -0.4 is 0 Å². The molecule has 0 spiro atoms. The Balaban J connectivity index is 2.45. The highest BCUT2D eigenvalue weighted by atomic mass is 28.3. The highest BCUT2D eigenvalue weighted by molar-refractivity contribution is 6.81. The first-order valence-corrected chi connectivity index (χ1v) is 14.0.